The summed E-state index contributed by atoms with van der Waals surface area (Å²) in [6, 6.07) is 4.99. The Morgan fingerprint density at radius 3 is 2.52 bits per heavy atom. The smallest absolute Gasteiger partial charge is 0.313 e. The number of H-pyrrole nitrogens is 1. The number of carbonyl (C=O) groups excluding carboxylic acids is 2. The molecule has 0 aliphatic rings. The van der Waals surface area contributed by atoms with Crippen molar-refractivity contribution in [1.29, 1.82) is 0 Å². The third kappa shape index (κ3) is 4.29. The van der Waals surface area contributed by atoms with Crippen LogP contribution in [0, 0.1) is 0 Å². The zero-order valence-electron chi connectivity index (χ0n) is 13.4. The Kier molecular flexibility index (Phi) is 4.63. The molecule has 0 atom stereocenters. The Morgan fingerprint density at radius 2 is 1.96 bits per heavy atom. The quantitative estimate of drug-likeness (QED) is 0.740. The Bertz CT molecular complexity index is 704. The number of nitrogens with one attached hydrogen (secondary N) is 3. The van der Waals surface area contributed by atoms with Gasteiger partial charge in [0.15, 0.2) is 5.82 Å². The third-order valence-corrected chi connectivity index (χ3v) is 2.82. The van der Waals surface area contributed by atoms with Gasteiger partial charge in [-0.3, -0.25) is 14.7 Å². The maximum Gasteiger partial charge on any atom is 0.313 e. The highest BCUT2D eigenvalue weighted by Gasteiger charge is 2.20. The number of carbonyl (C=O) groups is 2. The molecule has 0 unspecified atom stereocenters. The zero-order valence-corrected chi connectivity index (χ0v) is 13.4. The highest BCUT2D eigenvalue weighted by atomic mass is 16.5. The van der Waals surface area contributed by atoms with Crippen LogP contribution < -0.4 is 15.4 Å². The summed E-state index contributed by atoms with van der Waals surface area (Å²) in [5.74, 6) is -0.397. The molecule has 1 aromatic heterocycles. The number of ether oxygens (including phenoxy) is 1. The highest BCUT2D eigenvalue weighted by Crippen LogP contribution is 2.29. The van der Waals surface area contributed by atoms with E-state index in [-0.39, 0.29) is 0 Å². The summed E-state index contributed by atoms with van der Waals surface area (Å²) in [7, 11) is 1.51. The van der Waals surface area contributed by atoms with Gasteiger partial charge in [0.05, 0.1) is 12.7 Å². The SMILES string of the molecule is COc1cc(NC(=O)C(=O)NC(C)(C)C)ccc1-c1ncn[nH]1. The maximum absolute atomic E-state index is 11.9. The Morgan fingerprint density at radius 1 is 1.22 bits per heavy atom. The van der Waals surface area contributed by atoms with Crippen LogP contribution in [0.2, 0.25) is 0 Å². The van der Waals surface area contributed by atoms with Crippen molar-refractivity contribution < 1.29 is 14.3 Å². The predicted molar refractivity (Wildman–Crippen MR) is 84.9 cm³/mol. The number of aromatic amines is 1. The summed E-state index contributed by atoms with van der Waals surface area (Å²) >= 11 is 0. The normalized spacial score (nSPS) is 11.0. The number of rotatable bonds is 3. The van der Waals surface area contributed by atoms with E-state index in [1.54, 1.807) is 39.0 Å². The number of nitrogens with zero attached hydrogens (tertiary/aromatic N) is 2. The number of hydrogen-bond acceptors (Lipinski definition) is 5. The summed E-state index contributed by atoms with van der Waals surface area (Å²) in [5, 5.41) is 11.7. The van der Waals surface area contributed by atoms with Crippen molar-refractivity contribution in [2.24, 2.45) is 0 Å². The van der Waals surface area contributed by atoms with E-state index in [1.807, 2.05) is 0 Å². The van der Waals surface area contributed by atoms with Crippen LogP contribution in [0.25, 0.3) is 11.4 Å². The number of anilines is 1. The zero-order chi connectivity index (χ0) is 17.0. The van der Waals surface area contributed by atoms with E-state index in [4.69, 9.17) is 4.74 Å². The van der Waals surface area contributed by atoms with Crippen molar-refractivity contribution in [3.8, 4) is 17.1 Å². The number of methoxy groups -OCH3 is 1. The van der Waals surface area contributed by atoms with Crippen molar-refractivity contribution in [1.82, 2.24) is 20.5 Å². The molecule has 0 fully saturated rings. The first kappa shape index (κ1) is 16.5. The molecule has 0 bridgehead atoms. The average molecular weight is 317 g/mol. The van der Waals surface area contributed by atoms with Crippen molar-refractivity contribution >= 4 is 17.5 Å². The fourth-order valence-electron chi connectivity index (χ4n) is 1.89. The Balaban J connectivity index is 2.15. The predicted octanol–water partition coefficient (Wildman–Crippen LogP) is 1.33. The number of amides is 2. The van der Waals surface area contributed by atoms with E-state index in [0.717, 1.165) is 0 Å². The molecule has 8 heteroatoms. The Labute approximate surface area is 133 Å². The van der Waals surface area contributed by atoms with Gasteiger partial charge < -0.3 is 15.4 Å². The summed E-state index contributed by atoms with van der Waals surface area (Å²) in [5.41, 5.74) is 0.656. The number of aromatic nitrogens is 3. The molecule has 8 nitrogen and oxygen atoms in total. The molecule has 2 aromatic rings. The molecule has 23 heavy (non-hydrogen) atoms. The minimum absolute atomic E-state index is 0.444. The number of hydrogen-bond donors (Lipinski definition) is 3. The first-order chi connectivity index (χ1) is 10.8. The first-order valence-corrected chi connectivity index (χ1v) is 6.97. The molecule has 0 aliphatic carbocycles. The second-order valence-electron chi connectivity index (χ2n) is 5.91. The molecule has 2 rings (SSSR count). The van der Waals surface area contributed by atoms with Gasteiger partial charge in [0.2, 0.25) is 0 Å². The van der Waals surface area contributed by atoms with E-state index in [9.17, 15) is 9.59 Å². The summed E-state index contributed by atoms with van der Waals surface area (Å²) in [4.78, 5) is 27.8. The second kappa shape index (κ2) is 6.47. The fraction of sp³-hybridized carbons (Fsp3) is 0.333. The lowest BCUT2D eigenvalue weighted by Gasteiger charge is -2.20. The molecule has 0 spiro atoms. The third-order valence-electron chi connectivity index (χ3n) is 2.82. The second-order valence-corrected chi connectivity index (χ2v) is 5.91. The molecule has 0 aliphatic heterocycles. The molecule has 3 N–H and O–H groups in total. The van der Waals surface area contributed by atoms with Gasteiger partial charge in [-0.2, -0.15) is 5.10 Å². The van der Waals surface area contributed by atoms with E-state index < -0.39 is 17.4 Å². The molecule has 1 heterocycles. The van der Waals surface area contributed by atoms with Crippen LogP contribution in [-0.2, 0) is 9.59 Å². The molecule has 0 radical (unpaired) electrons. The monoisotopic (exact) mass is 317 g/mol. The van der Waals surface area contributed by atoms with Crippen LogP contribution >= 0.6 is 0 Å². The van der Waals surface area contributed by atoms with Crippen molar-refractivity contribution in [2.75, 3.05) is 12.4 Å². The lowest BCUT2D eigenvalue weighted by atomic mass is 10.1. The minimum atomic E-state index is -0.741. The van der Waals surface area contributed by atoms with Crippen molar-refractivity contribution in [3.05, 3.63) is 24.5 Å². The van der Waals surface area contributed by atoms with Gasteiger partial charge >= 0.3 is 11.8 Å². The van der Waals surface area contributed by atoms with Gasteiger partial charge in [-0.15, -0.1) is 0 Å². The lowest BCUT2D eigenvalue weighted by Crippen LogP contribution is -2.46. The van der Waals surface area contributed by atoms with Crippen LogP contribution in [-0.4, -0.2) is 39.6 Å². The average Bonchev–Trinajstić information content (AvgIpc) is 2.99. The topological polar surface area (TPSA) is 109 Å². The van der Waals surface area contributed by atoms with Crippen LogP contribution in [0.1, 0.15) is 20.8 Å². The largest absolute Gasteiger partial charge is 0.496 e. The van der Waals surface area contributed by atoms with Gasteiger partial charge in [0.25, 0.3) is 0 Å². The molecule has 0 saturated heterocycles. The molecular formula is C15H19N5O3. The summed E-state index contributed by atoms with van der Waals surface area (Å²) in [6.45, 7) is 5.40. The van der Waals surface area contributed by atoms with Gasteiger partial charge in [-0.1, -0.05) is 0 Å². The maximum atomic E-state index is 11.9. The van der Waals surface area contributed by atoms with Crippen LogP contribution in [0.5, 0.6) is 5.75 Å². The molecule has 0 saturated carbocycles. The van der Waals surface area contributed by atoms with Gasteiger partial charge in [-0.05, 0) is 32.9 Å². The van der Waals surface area contributed by atoms with Crippen LogP contribution in [0.4, 0.5) is 5.69 Å². The lowest BCUT2D eigenvalue weighted by molar-refractivity contribution is -0.137. The molecule has 122 valence electrons. The molecule has 2 amide bonds. The first-order valence-electron chi connectivity index (χ1n) is 6.97. The standard InChI is InChI=1S/C15H19N5O3/c1-15(2,3)19-14(22)13(21)18-9-5-6-10(11(7-9)23-4)12-16-8-17-20-12/h5-8H,1-4H3,(H,18,21)(H,19,22)(H,16,17,20). The summed E-state index contributed by atoms with van der Waals surface area (Å²) < 4.78 is 5.29. The van der Waals surface area contributed by atoms with Crippen molar-refractivity contribution in [3.63, 3.8) is 0 Å². The fourth-order valence-corrected chi connectivity index (χ4v) is 1.89. The molecular weight excluding hydrogens is 298 g/mol. The highest BCUT2D eigenvalue weighted by molar-refractivity contribution is 6.39. The van der Waals surface area contributed by atoms with E-state index in [1.165, 1.54) is 13.4 Å². The van der Waals surface area contributed by atoms with Gasteiger partial charge in [0, 0.05) is 17.3 Å². The molecule has 1 aromatic carbocycles. The van der Waals surface area contributed by atoms with Gasteiger partial charge in [-0.25, -0.2) is 4.98 Å². The van der Waals surface area contributed by atoms with Gasteiger partial charge in [0.1, 0.15) is 12.1 Å². The van der Waals surface area contributed by atoms with Crippen molar-refractivity contribution in [2.45, 2.75) is 26.3 Å². The van der Waals surface area contributed by atoms with Crippen LogP contribution in [0.15, 0.2) is 24.5 Å². The minimum Gasteiger partial charge on any atom is -0.496 e. The number of benzene rings is 1. The Hall–Kier alpha value is -2.90. The van der Waals surface area contributed by atoms with Crippen LogP contribution in [0.3, 0.4) is 0 Å². The van der Waals surface area contributed by atoms with E-state index in [2.05, 4.69) is 25.8 Å². The van der Waals surface area contributed by atoms with E-state index in [0.29, 0.717) is 22.8 Å². The summed E-state index contributed by atoms with van der Waals surface area (Å²) in [6.07, 6.45) is 1.39. The van der Waals surface area contributed by atoms with E-state index >= 15 is 0 Å².